The zero-order chi connectivity index (χ0) is 18.0. The molecule has 128 valence electrons. The van der Waals surface area contributed by atoms with Gasteiger partial charge in [-0.15, -0.1) is 0 Å². The van der Waals surface area contributed by atoms with Crippen LogP contribution in [-0.4, -0.2) is 24.6 Å². The van der Waals surface area contributed by atoms with Crippen molar-refractivity contribution in [2.45, 2.75) is 6.92 Å². The van der Waals surface area contributed by atoms with Gasteiger partial charge in [-0.25, -0.2) is 0 Å². The van der Waals surface area contributed by atoms with Gasteiger partial charge in [-0.2, -0.15) is 0 Å². The molecule has 3 rings (SSSR count). The molecule has 0 saturated carbocycles. The molecule has 7 heteroatoms. The van der Waals surface area contributed by atoms with E-state index < -0.39 is 4.92 Å². The first-order valence-corrected chi connectivity index (χ1v) is 7.44. The Morgan fingerprint density at radius 3 is 2.80 bits per heavy atom. The van der Waals surface area contributed by atoms with Gasteiger partial charge >= 0.3 is 0 Å². The second-order valence-electron chi connectivity index (χ2n) is 5.41. The molecular formula is C18H15NO6. The second-order valence-corrected chi connectivity index (χ2v) is 5.41. The van der Waals surface area contributed by atoms with Gasteiger partial charge in [0.05, 0.1) is 12.0 Å². The molecule has 0 aromatic heterocycles. The Morgan fingerprint density at radius 1 is 1.28 bits per heavy atom. The molecule has 0 N–H and O–H groups in total. The Hall–Kier alpha value is -3.35. The molecule has 1 aliphatic rings. The molecule has 1 heterocycles. The van der Waals surface area contributed by atoms with Crippen molar-refractivity contribution in [2.75, 3.05) is 13.9 Å². The van der Waals surface area contributed by atoms with E-state index in [1.807, 2.05) is 0 Å². The van der Waals surface area contributed by atoms with E-state index in [2.05, 4.69) is 0 Å². The SMILES string of the molecule is COc1cc(/C=C/C(=O)c2ccc(C)c([N+](=O)[O-])c2)cc2c1OCO2. The maximum atomic E-state index is 12.3. The van der Waals surface area contributed by atoms with Crippen molar-refractivity contribution < 1.29 is 23.9 Å². The van der Waals surface area contributed by atoms with E-state index in [-0.39, 0.29) is 23.8 Å². The monoisotopic (exact) mass is 341 g/mol. The predicted molar refractivity (Wildman–Crippen MR) is 90.3 cm³/mol. The van der Waals surface area contributed by atoms with Crippen molar-refractivity contribution in [3.05, 3.63) is 63.2 Å². The number of rotatable bonds is 5. The van der Waals surface area contributed by atoms with E-state index in [0.717, 1.165) is 0 Å². The van der Waals surface area contributed by atoms with Crippen molar-refractivity contribution in [1.29, 1.82) is 0 Å². The maximum Gasteiger partial charge on any atom is 0.273 e. The van der Waals surface area contributed by atoms with E-state index in [1.54, 1.807) is 37.3 Å². The molecule has 0 unspecified atom stereocenters. The van der Waals surface area contributed by atoms with Crippen LogP contribution < -0.4 is 14.2 Å². The quantitative estimate of drug-likeness (QED) is 0.358. The summed E-state index contributed by atoms with van der Waals surface area (Å²) in [7, 11) is 1.52. The molecule has 0 radical (unpaired) electrons. The number of hydrogen-bond donors (Lipinski definition) is 0. The molecule has 0 atom stereocenters. The number of methoxy groups -OCH3 is 1. The lowest BCUT2D eigenvalue weighted by atomic mass is 10.1. The number of nitro groups is 1. The highest BCUT2D eigenvalue weighted by atomic mass is 16.7. The van der Waals surface area contributed by atoms with E-state index in [0.29, 0.717) is 28.4 Å². The van der Waals surface area contributed by atoms with Gasteiger partial charge in [0.15, 0.2) is 17.3 Å². The van der Waals surface area contributed by atoms with Crippen LogP contribution in [0.4, 0.5) is 5.69 Å². The van der Waals surface area contributed by atoms with Crippen molar-refractivity contribution in [3.8, 4) is 17.2 Å². The van der Waals surface area contributed by atoms with Crippen LogP contribution in [0, 0.1) is 17.0 Å². The number of nitrogens with zero attached hydrogens (tertiary/aromatic N) is 1. The van der Waals surface area contributed by atoms with Crippen LogP contribution in [-0.2, 0) is 0 Å². The predicted octanol–water partition coefficient (Wildman–Crippen LogP) is 3.54. The van der Waals surface area contributed by atoms with Gasteiger partial charge in [-0.3, -0.25) is 14.9 Å². The molecule has 0 fully saturated rings. The highest BCUT2D eigenvalue weighted by Crippen LogP contribution is 2.42. The van der Waals surface area contributed by atoms with Crippen LogP contribution in [0.1, 0.15) is 21.5 Å². The zero-order valence-corrected chi connectivity index (χ0v) is 13.6. The minimum absolute atomic E-state index is 0.0796. The lowest BCUT2D eigenvalue weighted by molar-refractivity contribution is -0.385. The molecule has 0 spiro atoms. The molecule has 25 heavy (non-hydrogen) atoms. The Balaban J connectivity index is 1.86. The van der Waals surface area contributed by atoms with Gasteiger partial charge in [0.1, 0.15) is 0 Å². The molecule has 1 aliphatic heterocycles. The fourth-order valence-corrected chi connectivity index (χ4v) is 2.47. The fourth-order valence-electron chi connectivity index (χ4n) is 2.47. The minimum Gasteiger partial charge on any atom is -0.493 e. The Kier molecular flexibility index (Phi) is 4.38. The standard InChI is InChI=1S/C18H15NO6/c1-11-3-5-13(9-14(11)19(21)22)15(20)6-4-12-7-16(23-2)18-17(8-12)24-10-25-18/h3-9H,10H2,1-2H3/b6-4+. The highest BCUT2D eigenvalue weighted by molar-refractivity contribution is 6.07. The minimum atomic E-state index is -0.501. The summed E-state index contributed by atoms with van der Waals surface area (Å²) < 4.78 is 15.9. The van der Waals surface area contributed by atoms with Crippen molar-refractivity contribution in [3.63, 3.8) is 0 Å². The summed E-state index contributed by atoms with van der Waals surface area (Å²) >= 11 is 0. The van der Waals surface area contributed by atoms with Crippen molar-refractivity contribution in [1.82, 2.24) is 0 Å². The number of ether oxygens (including phenoxy) is 3. The summed E-state index contributed by atoms with van der Waals surface area (Å²) in [6.07, 6.45) is 2.95. The van der Waals surface area contributed by atoms with Crippen LogP contribution in [0.5, 0.6) is 17.2 Å². The molecule has 0 bridgehead atoms. The Labute approximate surface area is 143 Å². The molecule has 0 aliphatic carbocycles. The van der Waals surface area contributed by atoms with Gasteiger partial charge in [0.2, 0.25) is 12.5 Å². The average molecular weight is 341 g/mol. The molecule has 7 nitrogen and oxygen atoms in total. The van der Waals surface area contributed by atoms with E-state index >= 15 is 0 Å². The summed E-state index contributed by atoms with van der Waals surface area (Å²) in [6.45, 7) is 1.74. The first kappa shape index (κ1) is 16.5. The van der Waals surface area contributed by atoms with Crippen LogP contribution in [0.25, 0.3) is 6.08 Å². The summed E-state index contributed by atoms with van der Waals surface area (Å²) in [4.78, 5) is 22.8. The molecule has 2 aromatic rings. The summed E-state index contributed by atoms with van der Waals surface area (Å²) in [5.41, 5.74) is 1.37. The molecular weight excluding hydrogens is 326 g/mol. The third-order valence-corrected chi connectivity index (χ3v) is 3.80. The third-order valence-electron chi connectivity index (χ3n) is 3.80. The number of carbonyl (C=O) groups excluding carboxylic acids is 1. The van der Waals surface area contributed by atoms with Crippen LogP contribution in [0.15, 0.2) is 36.4 Å². The second kappa shape index (κ2) is 6.64. The van der Waals surface area contributed by atoms with E-state index in [1.165, 1.54) is 19.3 Å². The number of benzene rings is 2. The van der Waals surface area contributed by atoms with Gasteiger partial charge in [0, 0.05) is 17.2 Å². The van der Waals surface area contributed by atoms with E-state index in [4.69, 9.17) is 14.2 Å². The number of hydrogen-bond acceptors (Lipinski definition) is 6. The first-order chi connectivity index (χ1) is 12.0. The molecule has 0 amide bonds. The summed E-state index contributed by atoms with van der Waals surface area (Å²) in [5.74, 6) is 1.24. The maximum absolute atomic E-state index is 12.3. The lowest BCUT2D eigenvalue weighted by Gasteiger charge is -2.05. The Bertz CT molecular complexity index is 887. The van der Waals surface area contributed by atoms with Crippen LogP contribution in [0.2, 0.25) is 0 Å². The smallest absolute Gasteiger partial charge is 0.273 e. The number of ketones is 1. The van der Waals surface area contributed by atoms with Crippen molar-refractivity contribution >= 4 is 17.5 Å². The number of nitro benzene ring substituents is 1. The topological polar surface area (TPSA) is 87.9 Å². The number of aryl methyl sites for hydroxylation is 1. The zero-order valence-electron chi connectivity index (χ0n) is 13.6. The number of fused-ring (bicyclic) bond motifs is 1. The molecule has 2 aromatic carbocycles. The van der Waals surface area contributed by atoms with Crippen molar-refractivity contribution in [2.24, 2.45) is 0 Å². The fraction of sp³-hybridized carbons (Fsp3) is 0.167. The van der Waals surface area contributed by atoms with Crippen LogP contribution >= 0.6 is 0 Å². The highest BCUT2D eigenvalue weighted by Gasteiger charge is 2.19. The van der Waals surface area contributed by atoms with Gasteiger partial charge in [0.25, 0.3) is 5.69 Å². The Morgan fingerprint density at radius 2 is 2.08 bits per heavy atom. The molecule has 0 saturated heterocycles. The largest absolute Gasteiger partial charge is 0.493 e. The summed E-state index contributed by atoms with van der Waals surface area (Å²) in [6, 6.07) is 7.85. The normalized spacial score (nSPS) is 12.4. The van der Waals surface area contributed by atoms with Gasteiger partial charge in [-0.05, 0) is 30.7 Å². The van der Waals surface area contributed by atoms with Crippen LogP contribution in [0.3, 0.4) is 0 Å². The van der Waals surface area contributed by atoms with E-state index in [9.17, 15) is 14.9 Å². The number of allylic oxidation sites excluding steroid dienone is 1. The van der Waals surface area contributed by atoms with Gasteiger partial charge < -0.3 is 14.2 Å². The number of carbonyl (C=O) groups is 1. The lowest BCUT2D eigenvalue weighted by Crippen LogP contribution is -1.98. The summed E-state index contributed by atoms with van der Waals surface area (Å²) in [5, 5.41) is 11.0. The first-order valence-electron chi connectivity index (χ1n) is 7.44. The van der Waals surface area contributed by atoms with Gasteiger partial charge in [-0.1, -0.05) is 18.2 Å². The third kappa shape index (κ3) is 3.30. The average Bonchev–Trinajstić information content (AvgIpc) is 3.07.